The summed E-state index contributed by atoms with van der Waals surface area (Å²) in [6, 6.07) is 0. The third-order valence-corrected chi connectivity index (χ3v) is 9.11. The summed E-state index contributed by atoms with van der Waals surface area (Å²) < 4.78 is 23.5. The molecule has 0 aromatic carbocycles. The van der Waals surface area contributed by atoms with Gasteiger partial charge in [-0.3, -0.25) is 4.79 Å². The molecule has 11 heteroatoms. The van der Waals surface area contributed by atoms with Gasteiger partial charge in [0.1, 0.15) is 36.6 Å². The minimum atomic E-state index is -1.58. The van der Waals surface area contributed by atoms with Gasteiger partial charge in [0, 0.05) is 0 Å². The van der Waals surface area contributed by atoms with Gasteiger partial charge in [0.25, 0.3) is 0 Å². The molecule has 0 radical (unpaired) electrons. The molecule has 0 bridgehead atoms. The molecular formula is C33H62O11. The van der Waals surface area contributed by atoms with Crippen LogP contribution in [-0.2, 0) is 23.7 Å². The van der Waals surface area contributed by atoms with Gasteiger partial charge in [0.05, 0.1) is 30.3 Å². The zero-order chi connectivity index (χ0) is 32.8. The highest BCUT2D eigenvalue weighted by Gasteiger charge is 2.50. The maximum absolute atomic E-state index is 13.5. The SMILES string of the molecule is CCCCCCC(CC(O)CCCCCCC(C)O)C(=O)O[C@@H]1C(CC)O[C@@H](OC2[C@@H](O)[C@H](O)C(CC)O[C@@H]2C)C(O)[C@H]1O. The number of aliphatic hydroxyl groups is 6. The Morgan fingerprint density at radius 2 is 1.32 bits per heavy atom. The zero-order valence-electron chi connectivity index (χ0n) is 27.6. The average molecular weight is 635 g/mol. The maximum Gasteiger partial charge on any atom is 0.309 e. The molecule has 260 valence electrons. The maximum atomic E-state index is 13.5. The zero-order valence-corrected chi connectivity index (χ0v) is 27.6. The largest absolute Gasteiger partial charge is 0.456 e. The average Bonchev–Trinajstić information content (AvgIpc) is 2.99. The highest BCUT2D eigenvalue weighted by molar-refractivity contribution is 5.72. The molecule has 6 N–H and O–H groups in total. The van der Waals surface area contributed by atoms with E-state index in [1.165, 1.54) is 0 Å². The van der Waals surface area contributed by atoms with Crippen molar-refractivity contribution in [3.63, 3.8) is 0 Å². The molecule has 2 saturated heterocycles. The van der Waals surface area contributed by atoms with Gasteiger partial charge >= 0.3 is 5.97 Å². The Morgan fingerprint density at radius 1 is 0.727 bits per heavy atom. The van der Waals surface area contributed by atoms with Gasteiger partial charge in [-0.2, -0.15) is 0 Å². The first kappa shape index (κ1) is 39.3. The van der Waals surface area contributed by atoms with Crippen molar-refractivity contribution < 1.29 is 54.4 Å². The van der Waals surface area contributed by atoms with Crippen LogP contribution in [-0.4, -0.2) is 110 Å². The topological polar surface area (TPSA) is 175 Å². The lowest BCUT2D eigenvalue weighted by Crippen LogP contribution is -2.63. The van der Waals surface area contributed by atoms with Crippen LogP contribution in [0.15, 0.2) is 0 Å². The molecule has 44 heavy (non-hydrogen) atoms. The summed E-state index contributed by atoms with van der Waals surface area (Å²) in [7, 11) is 0. The molecule has 7 unspecified atom stereocenters. The molecule has 0 spiro atoms. The predicted octanol–water partition coefficient (Wildman–Crippen LogP) is 3.12. The van der Waals surface area contributed by atoms with Crippen LogP contribution < -0.4 is 0 Å². The fourth-order valence-electron chi connectivity index (χ4n) is 6.30. The van der Waals surface area contributed by atoms with Crippen LogP contribution in [0, 0.1) is 5.92 Å². The molecule has 0 saturated carbocycles. The summed E-state index contributed by atoms with van der Waals surface area (Å²) in [4.78, 5) is 13.5. The van der Waals surface area contributed by atoms with Crippen molar-refractivity contribution in [2.45, 2.75) is 198 Å². The summed E-state index contributed by atoms with van der Waals surface area (Å²) in [5.74, 6) is -1.09. The molecule has 0 amide bonds. The third-order valence-electron chi connectivity index (χ3n) is 9.11. The highest BCUT2D eigenvalue weighted by atomic mass is 16.7. The van der Waals surface area contributed by atoms with Gasteiger partial charge in [0.15, 0.2) is 12.4 Å². The molecule has 2 aliphatic rings. The van der Waals surface area contributed by atoms with E-state index in [1.807, 2.05) is 6.92 Å². The van der Waals surface area contributed by atoms with Crippen molar-refractivity contribution in [3.05, 3.63) is 0 Å². The van der Waals surface area contributed by atoms with Crippen LogP contribution in [0.5, 0.6) is 0 Å². The molecule has 11 nitrogen and oxygen atoms in total. The molecule has 0 aromatic heterocycles. The summed E-state index contributed by atoms with van der Waals surface area (Å²) in [6.45, 7) is 9.23. The van der Waals surface area contributed by atoms with Crippen LogP contribution in [0.2, 0.25) is 0 Å². The lowest BCUT2D eigenvalue weighted by Gasteiger charge is -2.46. The quantitative estimate of drug-likeness (QED) is 0.0857. The Balaban J connectivity index is 2.01. The first-order valence-electron chi connectivity index (χ1n) is 17.2. The van der Waals surface area contributed by atoms with E-state index in [-0.39, 0.29) is 12.5 Å². The molecule has 0 aliphatic carbocycles. The molecular weight excluding hydrogens is 572 g/mol. The van der Waals surface area contributed by atoms with Gasteiger partial charge in [-0.1, -0.05) is 72.1 Å². The second kappa shape index (κ2) is 20.4. The van der Waals surface area contributed by atoms with Gasteiger partial charge in [-0.05, 0) is 52.4 Å². The summed E-state index contributed by atoms with van der Waals surface area (Å²) in [5.41, 5.74) is 0. The van der Waals surface area contributed by atoms with Crippen molar-refractivity contribution >= 4 is 5.97 Å². The number of hydrogen-bond donors (Lipinski definition) is 6. The number of aliphatic hydroxyl groups excluding tert-OH is 6. The van der Waals surface area contributed by atoms with Crippen molar-refractivity contribution in [1.29, 1.82) is 0 Å². The number of unbranched alkanes of at least 4 members (excludes halogenated alkanes) is 6. The van der Waals surface area contributed by atoms with Crippen molar-refractivity contribution in [2.75, 3.05) is 0 Å². The van der Waals surface area contributed by atoms with E-state index in [4.69, 9.17) is 18.9 Å². The van der Waals surface area contributed by atoms with Gasteiger partial charge in [0.2, 0.25) is 0 Å². The number of carbonyl (C=O) groups is 1. The van der Waals surface area contributed by atoms with Gasteiger partial charge in [-0.15, -0.1) is 0 Å². The van der Waals surface area contributed by atoms with E-state index < -0.39 is 79.2 Å². The lowest BCUT2D eigenvalue weighted by atomic mass is 9.91. The lowest BCUT2D eigenvalue weighted by molar-refractivity contribution is -0.338. The minimum absolute atomic E-state index is 0.256. The summed E-state index contributed by atoms with van der Waals surface area (Å²) >= 11 is 0. The van der Waals surface area contributed by atoms with E-state index in [0.717, 1.165) is 57.8 Å². The Morgan fingerprint density at radius 3 is 1.93 bits per heavy atom. The second-order valence-corrected chi connectivity index (χ2v) is 13.0. The first-order chi connectivity index (χ1) is 20.9. The van der Waals surface area contributed by atoms with E-state index in [0.29, 0.717) is 25.7 Å². The number of hydrogen-bond acceptors (Lipinski definition) is 11. The highest BCUT2D eigenvalue weighted by Crippen LogP contribution is 2.32. The molecule has 2 aliphatic heterocycles. The first-order valence-corrected chi connectivity index (χ1v) is 17.2. The molecule has 0 aromatic rings. The number of carbonyl (C=O) groups excluding carboxylic acids is 1. The Bertz CT molecular complexity index is 781. The van der Waals surface area contributed by atoms with E-state index >= 15 is 0 Å². The molecule has 2 rings (SSSR count). The van der Waals surface area contributed by atoms with E-state index in [9.17, 15) is 35.4 Å². The normalized spacial score (nSPS) is 34.8. The van der Waals surface area contributed by atoms with E-state index in [2.05, 4.69) is 6.92 Å². The fraction of sp³-hybridized carbons (Fsp3) is 0.970. The summed E-state index contributed by atoms with van der Waals surface area (Å²) in [6.07, 6.45) is -1.39. The Kier molecular flexibility index (Phi) is 18.2. The van der Waals surface area contributed by atoms with Crippen LogP contribution >= 0.6 is 0 Å². The van der Waals surface area contributed by atoms with Gasteiger partial charge in [-0.25, -0.2) is 0 Å². The fourth-order valence-corrected chi connectivity index (χ4v) is 6.30. The molecule has 13 atom stereocenters. The Hall–Kier alpha value is -0.890. The van der Waals surface area contributed by atoms with E-state index in [1.54, 1.807) is 20.8 Å². The van der Waals surface area contributed by atoms with Crippen LogP contribution in [0.4, 0.5) is 0 Å². The molecule has 2 heterocycles. The predicted molar refractivity (Wildman–Crippen MR) is 165 cm³/mol. The molecule has 2 fully saturated rings. The standard InChI is InChI=1S/C33H62O11/c1-6-9-10-14-17-22(19-23(35)18-15-12-11-13-16-20(4)34)32(40)43-31-25(8-3)42-33(29(39)28(31)38)44-30-21(5)41-24(7-2)26(36)27(30)37/h20-31,33-39H,6-19H2,1-5H3/t20?,21-,22?,23?,24?,25?,26-,27+,28-,29?,30?,31-,33+/m1/s1. The van der Waals surface area contributed by atoms with Crippen molar-refractivity contribution in [3.8, 4) is 0 Å². The van der Waals surface area contributed by atoms with Crippen molar-refractivity contribution in [2.24, 2.45) is 5.92 Å². The smallest absolute Gasteiger partial charge is 0.309 e. The summed E-state index contributed by atoms with van der Waals surface area (Å²) in [5, 5.41) is 63.3. The number of ether oxygens (including phenoxy) is 4. The minimum Gasteiger partial charge on any atom is -0.456 e. The van der Waals surface area contributed by atoms with Crippen LogP contribution in [0.25, 0.3) is 0 Å². The van der Waals surface area contributed by atoms with Gasteiger partial charge < -0.3 is 49.6 Å². The second-order valence-electron chi connectivity index (χ2n) is 13.0. The number of rotatable bonds is 20. The van der Waals surface area contributed by atoms with Crippen molar-refractivity contribution in [1.82, 2.24) is 0 Å². The number of esters is 1. The monoisotopic (exact) mass is 634 g/mol. The van der Waals surface area contributed by atoms with Crippen LogP contribution in [0.3, 0.4) is 0 Å². The third kappa shape index (κ3) is 12.0. The Labute approximate surface area is 264 Å². The van der Waals surface area contributed by atoms with Crippen LogP contribution in [0.1, 0.15) is 125 Å².